The number of hydrogen-bond acceptors (Lipinski definition) is 8. The van der Waals surface area contributed by atoms with Crippen LogP contribution in [-0.2, 0) is 0 Å². The third kappa shape index (κ3) is 8.94. The van der Waals surface area contributed by atoms with Gasteiger partial charge in [0.25, 0.3) is 0 Å². The SMILES string of the molecule is O=C(/C=C/c1ccc(Oc2c(-c3ccc(C(=O)O)c(C(=O)O)c3Oc3ccc(/C=C/C(=O)c4ccccc4)cc3)ccc(C(=O)O)c2C(=O)O)cc1)c1ccccc1. The average molecular weight is 775 g/mol. The Balaban J connectivity index is 1.41. The third-order valence-electron chi connectivity index (χ3n) is 8.67. The lowest BCUT2D eigenvalue weighted by Gasteiger charge is -2.20. The van der Waals surface area contributed by atoms with Gasteiger partial charge in [-0.1, -0.05) is 97.1 Å². The maximum Gasteiger partial charge on any atom is 0.340 e. The molecule has 6 aromatic rings. The second-order valence-electron chi connectivity index (χ2n) is 12.4. The molecule has 0 amide bonds. The molecule has 0 saturated heterocycles. The van der Waals surface area contributed by atoms with Gasteiger partial charge in [0.2, 0.25) is 0 Å². The molecule has 58 heavy (non-hydrogen) atoms. The Hall–Kier alpha value is -8.38. The fraction of sp³-hybridized carbons (Fsp3) is 0. The minimum atomic E-state index is -1.69. The van der Waals surface area contributed by atoms with Crippen LogP contribution in [0.4, 0.5) is 0 Å². The van der Waals surface area contributed by atoms with Gasteiger partial charge in [0.1, 0.15) is 22.6 Å². The largest absolute Gasteiger partial charge is 0.478 e. The van der Waals surface area contributed by atoms with Crippen LogP contribution in [-0.4, -0.2) is 55.9 Å². The molecule has 0 aliphatic rings. The van der Waals surface area contributed by atoms with Crippen LogP contribution in [0.2, 0.25) is 0 Å². The Morgan fingerprint density at radius 1 is 0.397 bits per heavy atom. The highest BCUT2D eigenvalue weighted by Crippen LogP contribution is 2.45. The molecular formula is C46H30O12. The van der Waals surface area contributed by atoms with E-state index in [1.165, 1.54) is 48.6 Å². The topological polar surface area (TPSA) is 202 Å². The molecule has 0 unspecified atom stereocenters. The molecule has 12 heteroatoms. The van der Waals surface area contributed by atoms with Crippen molar-refractivity contribution in [1.29, 1.82) is 0 Å². The van der Waals surface area contributed by atoms with Crippen LogP contribution in [0.1, 0.15) is 73.3 Å². The number of carbonyl (C=O) groups is 6. The van der Waals surface area contributed by atoms with E-state index in [0.717, 1.165) is 12.1 Å². The van der Waals surface area contributed by atoms with Crippen LogP contribution in [0.5, 0.6) is 23.0 Å². The first-order valence-electron chi connectivity index (χ1n) is 17.3. The molecule has 0 radical (unpaired) electrons. The number of rotatable bonds is 15. The van der Waals surface area contributed by atoms with Crippen LogP contribution in [0.25, 0.3) is 23.3 Å². The Labute approximate surface area is 329 Å². The van der Waals surface area contributed by atoms with E-state index in [1.807, 2.05) is 0 Å². The number of allylic oxidation sites excluding steroid dienone is 2. The van der Waals surface area contributed by atoms with Crippen molar-refractivity contribution in [2.75, 3.05) is 0 Å². The van der Waals surface area contributed by atoms with Crippen molar-refractivity contribution in [3.05, 3.63) is 190 Å². The van der Waals surface area contributed by atoms with Gasteiger partial charge in [-0.2, -0.15) is 0 Å². The molecule has 0 heterocycles. The number of carboxylic acids is 4. The molecule has 0 aliphatic carbocycles. The Morgan fingerprint density at radius 3 is 1.05 bits per heavy atom. The molecular weight excluding hydrogens is 744 g/mol. The lowest BCUT2D eigenvalue weighted by atomic mass is 9.93. The zero-order chi connectivity index (χ0) is 41.3. The molecule has 6 aromatic carbocycles. The highest BCUT2D eigenvalue weighted by Gasteiger charge is 2.31. The van der Waals surface area contributed by atoms with Gasteiger partial charge in [0, 0.05) is 22.3 Å². The highest BCUT2D eigenvalue weighted by molar-refractivity contribution is 6.09. The van der Waals surface area contributed by atoms with E-state index >= 15 is 0 Å². The standard InChI is InChI=1S/C46H30O12/c47-37(29-7-3-1-4-8-29)25-15-27-11-17-31(18-12-27)57-41-33(21-23-35(43(49)50)39(41)45(53)54)34-22-24-36(44(51)52)40(46(55)56)42(34)58-32-19-13-28(14-20-32)16-26-38(48)30-9-5-2-6-10-30/h1-26H,(H,49,50)(H,51,52)(H,53,54)(H,55,56)/b25-15+,26-16+. The molecule has 6 rings (SSSR count). The molecule has 12 nitrogen and oxygen atoms in total. The molecule has 0 aromatic heterocycles. The first-order chi connectivity index (χ1) is 27.9. The Kier molecular flexibility index (Phi) is 11.8. The summed E-state index contributed by atoms with van der Waals surface area (Å²) in [6.07, 6.45) is 5.88. The summed E-state index contributed by atoms with van der Waals surface area (Å²) in [5.41, 5.74) is -1.04. The molecule has 286 valence electrons. The quantitative estimate of drug-likeness (QED) is 0.0569. The summed E-state index contributed by atoms with van der Waals surface area (Å²) in [7, 11) is 0. The minimum Gasteiger partial charge on any atom is -0.478 e. The predicted molar refractivity (Wildman–Crippen MR) is 212 cm³/mol. The molecule has 0 aliphatic heterocycles. The van der Waals surface area contributed by atoms with Crippen molar-refractivity contribution < 1.29 is 58.7 Å². The number of hydrogen-bond donors (Lipinski definition) is 4. The number of carbonyl (C=O) groups excluding carboxylic acids is 2. The summed E-state index contributed by atoms with van der Waals surface area (Å²) in [5, 5.41) is 40.6. The van der Waals surface area contributed by atoms with Crippen molar-refractivity contribution >= 4 is 47.6 Å². The van der Waals surface area contributed by atoms with E-state index in [2.05, 4.69) is 0 Å². The number of aromatic carboxylic acids is 4. The van der Waals surface area contributed by atoms with E-state index in [1.54, 1.807) is 97.1 Å². The van der Waals surface area contributed by atoms with Crippen molar-refractivity contribution in [3.63, 3.8) is 0 Å². The van der Waals surface area contributed by atoms with Crippen molar-refractivity contribution in [2.24, 2.45) is 0 Å². The zero-order valence-corrected chi connectivity index (χ0v) is 30.1. The molecule has 0 bridgehead atoms. The maximum atomic E-state index is 12.7. The van der Waals surface area contributed by atoms with E-state index in [0.29, 0.717) is 22.3 Å². The summed E-state index contributed by atoms with van der Waals surface area (Å²) < 4.78 is 12.2. The maximum absolute atomic E-state index is 12.7. The zero-order valence-electron chi connectivity index (χ0n) is 30.1. The Bertz CT molecular complexity index is 2440. The van der Waals surface area contributed by atoms with E-state index in [4.69, 9.17) is 9.47 Å². The molecule has 0 fully saturated rings. The van der Waals surface area contributed by atoms with Gasteiger partial charge in [0.05, 0.1) is 11.1 Å². The van der Waals surface area contributed by atoms with Crippen LogP contribution >= 0.6 is 0 Å². The van der Waals surface area contributed by atoms with Crippen LogP contribution < -0.4 is 9.47 Å². The van der Waals surface area contributed by atoms with Gasteiger partial charge >= 0.3 is 23.9 Å². The van der Waals surface area contributed by atoms with Gasteiger partial charge in [-0.15, -0.1) is 0 Å². The highest BCUT2D eigenvalue weighted by atomic mass is 16.5. The van der Waals surface area contributed by atoms with Gasteiger partial charge in [-0.05, 0) is 71.8 Å². The summed E-state index contributed by atoms with van der Waals surface area (Å²) >= 11 is 0. The second kappa shape index (κ2) is 17.4. The third-order valence-corrected chi connectivity index (χ3v) is 8.67. The predicted octanol–water partition coefficient (Wildman–Crippen LogP) is 9.52. The monoisotopic (exact) mass is 774 g/mol. The molecule has 0 spiro atoms. The first-order valence-corrected chi connectivity index (χ1v) is 17.3. The molecule has 0 atom stereocenters. The van der Waals surface area contributed by atoms with Crippen molar-refractivity contribution in [1.82, 2.24) is 0 Å². The number of benzene rings is 6. The number of carboxylic acid groups (broad SMARTS) is 4. The summed E-state index contributed by atoms with van der Waals surface area (Å²) in [5.74, 6) is -8.00. The molecule has 0 saturated carbocycles. The Morgan fingerprint density at radius 2 is 0.741 bits per heavy atom. The fourth-order valence-electron chi connectivity index (χ4n) is 5.85. The van der Waals surface area contributed by atoms with E-state index in [-0.39, 0.29) is 34.2 Å². The van der Waals surface area contributed by atoms with Crippen molar-refractivity contribution in [2.45, 2.75) is 0 Å². The van der Waals surface area contributed by atoms with Crippen LogP contribution in [0.3, 0.4) is 0 Å². The smallest absolute Gasteiger partial charge is 0.340 e. The van der Waals surface area contributed by atoms with E-state index in [9.17, 15) is 49.2 Å². The summed E-state index contributed by atoms with van der Waals surface area (Å²) in [4.78, 5) is 75.1. The number of ether oxygens (including phenoxy) is 2. The minimum absolute atomic E-state index is 0.0373. The molecule has 4 N–H and O–H groups in total. The number of ketones is 2. The van der Waals surface area contributed by atoms with Crippen LogP contribution in [0.15, 0.2) is 146 Å². The second-order valence-corrected chi connectivity index (χ2v) is 12.4. The summed E-state index contributed by atoms with van der Waals surface area (Å²) in [6, 6.07) is 33.7. The average Bonchev–Trinajstić information content (AvgIpc) is 3.23. The fourth-order valence-corrected chi connectivity index (χ4v) is 5.85. The van der Waals surface area contributed by atoms with Gasteiger partial charge < -0.3 is 29.9 Å². The van der Waals surface area contributed by atoms with Crippen molar-refractivity contribution in [3.8, 4) is 34.1 Å². The lowest BCUT2D eigenvalue weighted by Crippen LogP contribution is -2.13. The summed E-state index contributed by atoms with van der Waals surface area (Å²) in [6.45, 7) is 0. The first kappa shape index (κ1) is 39.3. The van der Waals surface area contributed by atoms with Crippen LogP contribution in [0, 0.1) is 0 Å². The lowest BCUT2D eigenvalue weighted by molar-refractivity contribution is 0.0648. The van der Waals surface area contributed by atoms with Gasteiger partial charge in [-0.3, -0.25) is 9.59 Å². The van der Waals surface area contributed by atoms with Gasteiger partial charge in [-0.25, -0.2) is 19.2 Å². The van der Waals surface area contributed by atoms with Gasteiger partial charge in [0.15, 0.2) is 23.1 Å². The normalized spacial score (nSPS) is 11.0. The van der Waals surface area contributed by atoms with E-state index < -0.39 is 57.6 Å².